The molecule has 0 amide bonds. The molecule has 3 rings (SSSR count). The van der Waals surface area contributed by atoms with Crippen molar-refractivity contribution in [2.45, 2.75) is 38.8 Å². The van der Waals surface area contributed by atoms with Crippen LogP contribution in [0.3, 0.4) is 0 Å². The molecule has 3 aromatic rings. The van der Waals surface area contributed by atoms with E-state index in [0.717, 1.165) is 24.2 Å². The molecule has 30 heavy (non-hydrogen) atoms. The molecule has 3 atom stereocenters. The van der Waals surface area contributed by atoms with Gasteiger partial charge in [-0.25, -0.2) is 0 Å². The van der Waals surface area contributed by atoms with Crippen LogP contribution in [-0.4, -0.2) is 32.9 Å². The van der Waals surface area contributed by atoms with E-state index in [1.807, 2.05) is 55.5 Å². The van der Waals surface area contributed by atoms with Crippen LogP contribution in [0.2, 0.25) is 0 Å². The van der Waals surface area contributed by atoms with Gasteiger partial charge in [0.15, 0.2) is 0 Å². The van der Waals surface area contributed by atoms with Crippen molar-refractivity contribution in [2.75, 3.05) is 6.54 Å². The molecule has 0 heterocycles. The van der Waals surface area contributed by atoms with Gasteiger partial charge in [0.25, 0.3) is 0 Å². The van der Waals surface area contributed by atoms with Crippen molar-refractivity contribution in [1.29, 1.82) is 0 Å². The summed E-state index contributed by atoms with van der Waals surface area (Å²) in [7, 11) is 0. The average Bonchev–Trinajstić information content (AvgIpc) is 2.79. The van der Waals surface area contributed by atoms with E-state index in [-0.39, 0.29) is 12.5 Å². The molecule has 0 fully saturated rings. The van der Waals surface area contributed by atoms with E-state index in [0.29, 0.717) is 6.54 Å². The highest BCUT2D eigenvalue weighted by molar-refractivity contribution is 5.24. The fraction of sp³-hybridized carbons (Fsp3) is 0.308. The van der Waals surface area contributed by atoms with Crippen LogP contribution < -0.4 is 0 Å². The number of nitrogens with zero attached hydrogens (tertiary/aromatic N) is 1. The zero-order valence-electron chi connectivity index (χ0n) is 17.4. The van der Waals surface area contributed by atoms with Crippen LogP contribution in [-0.2, 0) is 19.7 Å². The Morgan fingerprint density at radius 1 is 0.700 bits per heavy atom. The third-order valence-corrected chi connectivity index (χ3v) is 5.55. The second-order valence-electron chi connectivity index (χ2n) is 7.91. The highest BCUT2D eigenvalue weighted by Gasteiger charge is 2.26. The summed E-state index contributed by atoms with van der Waals surface area (Å²) in [5.41, 5.74) is 3.93. The zero-order chi connectivity index (χ0) is 21.3. The first kappa shape index (κ1) is 22.2. The molecular weight excluding hydrogens is 374 g/mol. The highest BCUT2D eigenvalue weighted by atomic mass is 16.3. The molecule has 0 saturated heterocycles. The predicted molar refractivity (Wildman–Crippen MR) is 119 cm³/mol. The van der Waals surface area contributed by atoms with Gasteiger partial charge in [0.1, 0.15) is 0 Å². The molecule has 0 aromatic heterocycles. The first-order chi connectivity index (χ1) is 14.6. The molecular formula is C26H31NO3. The van der Waals surface area contributed by atoms with Crippen molar-refractivity contribution in [3.63, 3.8) is 0 Å². The van der Waals surface area contributed by atoms with Gasteiger partial charge in [0, 0.05) is 25.6 Å². The lowest BCUT2D eigenvalue weighted by atomic mass is 9.91. The van der Waals surface area contributed by atoms with Crippen molar-refractivity contribution in [1.82, 2.24) is 4.90 Å². The Bertz CT molecular complexity index is 826. The van der Waals surface area contributed by atoms with Crippen molar-refractivity contribution >= 4 is 0 Å². The highest BCUT2D eigenvalue weighted by Crippen LogP contribution is 2.26. The first-order valence-corrected chi connectivity index (χ1v) is 10.4. The third-order valence-electron chi connectivity index (χ3n) is 5.55. The van der Waals surface area contributed by atoms with Crippen LogP contribution in [0.25, 0.3) is 0 Å². The Balaban J connectivity index is 1.69. The number of aliphatic hydroxyl groups is 3. The molecule has 3 N–H and O–H groups in total. The van der Waals surface area contributed by atoms with Gasteiger partial charge in [0.05, 0.1) is 18.8 Å². The van der Waals surface area contributed by atoms with Crippen LogP contribution in [0.1, 0.15) is 35.3 Å². The SMILES string of the molecule is C[C@@H]([C@H](O)CN(Cc1ccccc1)Cc1ccccc1)[C@@H](O)c1ccc(CO)cc1. The number of hydrogen-bond acceptors (Lipinski definition) is 4. The van der Waals surface area contributed by atoms with Gasteiger partial charge in [-0.3, -0.25) is 4.90 Å². The largest absolute Gasteiger partial charge is 0.392 e. The molecule has 0 aliphatic carbocycles. The Morgan fingerprint density at radius 2 is 1.20 bits per heavy atom. The number of aliphatic hydroxyl groups excluding tert-OH is 3. The molecule has 0 bridgehead atoms. The summed E-state index contributed by atoms with van der Waals surface area (Å²) in [6.07, 6.45) is -1.46. The topological polar surface area (TPSA) is 63.9 Å². The standard InChI is InChI=1S/C26H31NO3/c1-20(26(30)24-14-12-23(19-28)13-15-24)25(29)18-27(16-21-8-4-2-5-9-21)17-22-10-6-3-7-11-22/h2-15,20,25-26,28-30H,16-19H2,1H3/t20-,25+,26+/m0/s1. The minimum Gasteiger partial charge on any atom is -0.392 e. The lowest BCUT2D eigenvalue weighted by Crippen LogP contribution is -2.37. The van der Waals surface area contributed by atoms with Crippen molar-refractivity contribution in [3.05, 3.63) is 107 Å². The molecule has 0 aliphatic rings. The average molecular weight is 406 g/mol. The second-order valence-corrected chi connectivity index (χ2v) is 7.91. The van der Waals surface area contributed by atoms with Crippen molar-refractivity contribution in [2.24, 2.45) is 5.92 Å². The maximum atomic E-state index is 10.9. The molecule has 3 aromatic carbocycles. The first-order valence-electron chi connectivity index (χ1n) is 10.4. The van der Waals surface area contributed by atoms with E-state index in [9.17, 15) is 15.3 Å². The van der Waals surface area contributed by atoms with Crippen LogP contribution in [0.4, 0.5) is 0 Å². The number of hydrogen-bond donors (Lipinski definition) is 3. The number of rotatable bonds is 10. The Kier molecular flexibility index (Phi) is 8.17. The summed E-state index contributed by atoms with van der Waals surface area (Å²) in [5, 5.41) is 30.9. The van der Waals surface area contributed by atoms with Crippen LogP contribution in [0.15, 0.2) is 84.9 Å². The minimum absolute atomic E-state index is 0.0253. The van der Waals surface area contributed by atoms with Gasteiger partial charge in [0.2, 0.25) is 0 Å². The molecule has 0 spiro atoms. The molecule has 4 nitrogen and oxygen atoms in total. The van der Waals surface area contributed by atoms with E-state index in [2.05, 4.69) is 29.2 Å². The molecule has 0 saturated carbocycles. The van der Waals surface area contributed by atoms with Gasteiger partial charge in [-0.2, -0.15) is 0 Å². The van der Waals surface area contributed by atoms with Gasteiger partial charge < -0.3 is 15.3 Å². The van der Waals surface area contributed by atoms with E-state index in [4.69, 9.17) is 0 Å². The molecule has 158 valence electrons. The summed E-state index contributed by atoms with van der Waals surface area (Å²) in [4.78, 5) is 2.22. The lowest BCUT2D eigenvalue weighted by Gasteiger charge is -2.30. The summed E-state index contributed by atoms with van der Waals surface area (Å²) >= 11 is 0. The maximum Gasteiger partial charge on any atom is 0.0840 e. The lowest BCUT2D eigenvalue weighted by molar-refractivity contribution is -0.00116. The van der Waals surface area contributed by atoms with Gasteiger partial charge in [-0.05, 0) is 22.3 Å². The van der Waals surface area contributed by atoms with E-state index in [1.54, 1.807) is 12.1 Å². The van der Waals surface area contributed by atoms with Crippen LogP contribution >= 0.6 is 0 Å². The summed E-state index contributed by atoms with van der Waals surface area (Å²) < 4.78 is 0. The van der Waals surface area contributed by atoms with Crippen LogP contribution in [0, 0.1) is 5.92 Å². The van der Waals surface area contributed by atoms with Crippen molar-refractivity contribution in [3.8, 4) is 0 Å². The van der Waals surface area contributed by atoms with E-state index in [1.165, 1.54) is 11.1 Å². The summed E-state index contributed by atoms with van der Waals surface area (Å²) in [6, 6.07) is 27.7. The van der Waals surface area contributed by atoms with E-state index >= 15 is 0 Å². The molecule has 4 heteroatoms. The maximum absolute atomic E-state index is 10.9. The smallest absolute Gasteiger partial charge is 0.0840 e. The Labute approximate surface area is 179 Å². The minimum atomic E-state index is -0.775. The fourth-order valence-corrected chi connectivity index (χ4v) is 3.63. The monoisotopic (exact) mass is 405 g/mol. The van der Waals surface area contributed by atoms with Crippen LogP contribution in [0.5, 0.6) is 0 Å². The Hall–Kier alpha value is -2.50. The zero-order valence-corrected chi connectivity index (χ0v) is 17.4. The molecule has 0 aliphatic heterocycles. The Morgan fingerprint density at radius 3 is 1.67 bits per heavy atom. The molecule has 0 radical (unpaired) electrons. The third kappa shape index (κ3) is 6.25. The van der Waals surface area contributed by atoms with Gasteiger partial charge >= 0.3 is 0 Å². The molecule has 0 unspecified atom stereocenters. The fourth-order valence-electron chi connectivity index (χ4n) is 3.63. The quantitative estimate of drug-likeness (QED) is 0.479. The predicted octanol–water partition coefficient (Wildman–Crippen LogP) is 3.91. The number of benzene rings is 3. The summed E-state index contributed by atoms with van der Waals surface area (Å²) in [6.45, 7) is 3.75. The van der Waals surface area contributed by atoms with Gasteiger partial charge in [-0.15, -0.1) is 0 Å². The van der Waals surface area contributed by atoms with E-state index < -0.39 is 12.2 Å². The van der Waals surface area contributed by atoms with Crippen molar-refractivity contribution < 1.29 is 15.3 Å². The van der Waals surface area contributed by atoms with Gasteiger partial charge in [-0.1, -0.05) is 91.9 Å². The summed E-state index contributed by atoms with van der Waals surface area (Å²) in [5.74, 6) is -0.334. The normalized spacial score (nSPS) is 14.4. The second kappa shape index (κ2) is 11.0.